The van der Waals surface area contributed by atoms with Crippen molar-refractivity contribution in [3.05, 3.63) is 105 Å². The van der Waals surface area contributed by atoms with Crippen LogP contribution in [0.5, 0.6) is 0 Å². The molecule has 0 saturated heterocycles. The van der Waals surface area contributed by atoms with E-state index in [1.807, 2.05) is 41.8 Å². The van der Waals surface area contributed by atoms with Gasteiger partial charge in [-0.1, -0.05) is 72.4 Å². The normalized spacial score (nSPS) is 11.9. The Morgan fingerprint density at radius 3 is 2.33 bits per heavy atom. The number of aromatic nitrogens is 2. The van der Waals surface area contributed by atoms with Crippen LogP contribution in [-0.4, -0.2) is 40.9 Å². The van der Waals surface area contributed by atoms with Crippen molar-refractivity contribution in [1.82, 2.24) is 14.9 Å². The first-order valence-corrected chi connectivity index (χ1v) is 15.9. The highest BCUT2D eigenvalue weighted by Gasteiger charge is 2.30. The average Bonchev–Trinajstić information content (AvgIpc) is 3.43. The van der Waals surface area contributed by atoms with E-state index in [0.717, 1.165) is 49.2 Å². The second-order valence-corrected chi connectivity index (χ2v) is 11.4. The fourth-order valence-corrected chi connectivity index (χ4v) is 5.33. The van der Waals surface area contributed by atoms with Gasteiger partial charge in [0.15, 0.2) is 0 Å². The smallest absolute Gasteiger partial charge is 0.394 e. The Morgan fingerprint density at radius 2 is 1.67 bits per heavy atom. The van der Waals surface area contributed by atoms with Gasteiger partial charge in [-0.2, -0.15) is 13.2 Å². The number of halogens is 5. The number of hydrogen-bond donors (Lipinski definition) is 2. The van der Waals surface area contributed by atoms with Crippen molar-refractivity contribution in [3.63, 3.8) is 0 Å². The van der Waals surface area contributed by atoms with Gasteiger partial charge in [-0.25, -0.2) is 4.98 Å². The van der Waals surface area contributed by atoms with Gasteiger partial charge in [-0.05, 0) is 79.8 Å². The summed E-state index contributed by atoms with van der Waals surface area (Å²) < 4.78 is 40.9. The van der Waals surface area contributed by atoms with Crippen LogP contribution < -0.4 is 11.1 Å². The number of carbonyl (C=O) groups excluding carboxylic acids is 1. The molecular weight excluding hydrogens is 638 g/mol. The highest BCUT2D eigenvalue weighted by Crippen LogP contribution is 2.32. The summed E-state index contributed by atoms with van der Waals surface area (Å²) >= 11 is 12.7. The monoisotopic (exact) mass is 673 g/mol. The number of nitrogens with two attached hydrogens (primary N) is 1. The molecule has 244 valence electrons. The van der Waals surface area contributed by atoms with E-state index in [1.54, 1.807) is 18.2 Å². The summed E-state index contributed by atoms with van der Waals surface area (Å²) in [5.74, 6) is 0.294. The third-order valence-electron chi connectivity index (χ3n) is 7.28. The molecule has 0 unspecified atom stereocenters. The van der Waals surface area contributed by atoms with Gasteiger partial charge in [0, 0.05) is 29.4 Å². The summed E-state index contributed by atoms with van der Waals surface area (Å²) in [5.41, 5.74) is 8.50. The van der Waals surface area contributed by atoms with Gasteiger partial charge >= 0.3 is 6.18 Å². The number of oxime groups is 1. The van der Waals surface area contributed by atoms with Crippen LogP contribution in [0.3, 0.4) is 0 Å². The van der Waals surface area contributed by atoms with E-state index in [-0.39, 0.29) is 19.1 Å². The molecule has 1 aromatic heterocycles. The molecule has 1 amide bonds. The Morgan fingerprint density at radius 1 is 0.978 bits per heavy atom. The van der Waals surface area contributed by atoms with Crippen molar-refractivity contribution < 1.29 is 22.8 Å². The molecule has 0 saturated carbocycles. The van der Waals surface area contributed by atoms with Crippen molar-refractivity contribution in [2.75, 3.05) is 19.7 Å². The Bertz CT molecular complexity index is 1620. The van der Waals surface area contributed by atoms with Crippen molar-refractivity contribution in [3.8, 4) is 17.1 Å². The van der Waals surface area contributed by atoms with Gasteiger partial charge in [-0.15, -0.1) is 0 Å². The largest absolute Gasteiger partial charge is 0.416 e. The molecule has 46 heavy (non-hydrogen) atoms. The lowest BCUT2D eigenvalue weighted by Gasteiger charge is -2.13. The van der Waals surface area contributed by atoms with Crippen LogP contribution in [0.4, 0.5) is 13.2 Å². The maximum atomic E-state index is 13.4. The average molecular weight is 675 g/mol. The van der Waals surface area contributed by atoms with Crippen LogP contribution in [0.2, 0.25) is 10.0 Å². The van der Waals surface area contributed by atoms with Crippen molar-refractivity contribution in [2.45, 2.75) is 51.6 Å². The molecule has 0 fully saturated rings. The zero-order valence-corrected chi connectivity index (χ0v) is 26.9. The highest BCUT2D eigenvalue weighted by atomic mass is 35.5. The van der Waals surface area contributed by atoms with Gasteiger partial charge in [0.25, 0.3) is 5.91 Å². The minimum Gasteiger partial charge on any atom is -0.394 e. The molecule has 3 aromatic carbocycles. The number of hydrogen-bond acceptors (Lipinski definition) is 5. The number of unbranched alkanes of at least 4 members (excludes halogenated alkanes) is 3. The number of amides is 1. The van der Waals surface area contributed by atoms with Crippen LogP contribution in [0.15, 0.2) is 78.0 Å². The fourth-order valence-electron chi connectivity index (χ4n) is 4.98. The molecule has 0 bridgehead atoms. The molecule has 0 aliphatic carbocycles. The third-order valence-corrected chi connectivity index (χ3v) is 7.86. The molecule has 4 aromatic rings. The van der Waals surface area contributed by atoms with Crippen LogP contribution in [0, 0.1) is 0 Å². The van der Waals surface area contributed by atoms with E-state index in [4.69, 9.17) is 38.8 Å². The zero-order chi connectivity index (χ0) is 33.1. The Labute approximate surface area is 276 Å². The zero-order valence-electron chi connectivity index (χ0n) is 25.4. The molecule has 0 atom stereocenters. The number of imidazole rings is 1. The SMILES string of the molecule is CCc1c(C(=O)NCCCCCC/C(=N\OCCN)c2ccc(C(F)(F)F)cc2)nc(-c2ccccc2Cl)n1-c1ccc(Cl)cc1. The van der Waals surface area contributed by atoms with Gasteiger partial charge in [0.1, 0.15) is 18.1 Å². The van der Waals surface area contributed by atoms with E-state index >= 15 is 0 Å². The second kappa shape index (κ2) is 16.6. The molecular formula is C34H36Cl2F3N5O2. The minimum absolute atomic E-state index is 0.210. The summed E-state index contributed by atoms with van der Waals surface area (Å²) in [6.45, 7) is 2.91. The molecule has 7 nitrogen and oxygen atoms in total. The standard InChI is InChI=1S/C34H36Cl2F3N5O2/c1-2-30-31(42-32(27-9-6-7-10-28(27)36)44(30)26-18-16-25(35)17-19-26)33(45)41-21-8-4-3-5-11-29(43-46-22-20-40)23-12-14-24(15-13-23)34(37,38)39/h6-7,9-10,12-19H,2-5,8,11,20-22,40H2,1H3,(H,41,45)/b43-29+. The molecule has 0 aliphatic heterocycles. The van der Waals surface area contributed by atoms with E-state index in [0.29, 0.717) is 57.8 Å². The fraction of sp³-hybridized carbons (Fsp3) is 0.324. The third kappa shape index (κ3) is 9.11. The van der Waals surface area contributed by atoms with Gasteiger partial charge in [-0.3, -0.25) is 9.36 Å². The topological polar surface area (TPSA) is 94.5 Å². The lowest BCUT2D eigenvalue weighted by molar-refractivity contribution is -0.137. The van der Waals surface area contributed by atoms with E-state index < -0.39 is 11.7 Å². The Balaban J connectivity index is 1.37. The summed E-state index contributed by atoms with van der Waals surface area (Å²) in [6, 6.07) is 19.6. The van der Waals surface area contributed by atoms with E-state index in [2.05, 4.69) is 10.5 Å². The number of carbonyl (C=O) groups is 1. The molecule has 4 rings (SSSR count). The number of benzene rings is 3. The molecule has 0 radical (unpaired) electrons. The maximum absolute atomic E-state index is 13.4. The van der Waals surface area contributed by atoms with Crippen LogP contribution in [-0.2, 0) is 17.4 Å². The number of nitrogens with zero attached hydrogens (tertiary/aromatic N) is 3. The van der Waals surface area contributed by atoms with Crippen LogP contribution in [0.1, 0.15) is 66.3 Å². The minimum atomic E-state index is -4.41. The number of rotatable bonds is 15. The lowest BCUT2D eigenvalue weighted by atomic mass is 10.0. The highest BCUT2D eigenvalue weighted by molar-refractivity contribution is 6.33. The summed E-state index contributed by atoms with van der Waals surface area (Å²) in [6.07, 6.45) is -0.196. The summed E-state index contributed by atoms with van der Waals surface area (Å²) in [5, 5.41) is 8.24. The van der Waals surface area contributed by atoms with Crippen molar-refractivity contribution in [1.29, 1.82) is 0 Å². The molecule has 0 aliphatic rings. The first-order valence-electron chi connectivity index (χ1n) is 15.1. The van der Waals surface area contributed by atoms with E-state index in [1.165, 1.54) is 12.1 Å². The predicted octanol–water partition coefficient (Wildman–Crippen LogP) is 8.49. The first kappa shape index (κ1) is 35.0. The van der Waals surface area contributed by atoms with Gasteiger partial charge < -0.3 is 15.9 Å². The number of alkyl halides is 3. The molecule has 1 heterocycles. The molecule has 0 spiro atoms. The van der Waals surface area contributed by atoms with Gasteiger partial charge in [0.2, 0.25) is 0 Å². The predicted molar refractivity (Wildman–Crippen MR) is 177 cm³/mol. The quantitative estimate of drug-likeness (QED) is 0.0752. The van der Waals surface area contributed by atoms with Crippen molar-refractivity contribution in [2.24, 2.45) is 10.9 Å². The number of nitrogens with one attached hydrogen (secondary N) is 1. The Hall–Kier alpha value is -3.86. The summed E-state index contributed by atoms with van der Waals surface area (Å²) in [7, 11) is 0. The van der Waals surface area contributed by atoms with Crippen molar-refractivity contribution >= 4 is 34.8 Å². The van der Waals surface area contributed by atoms with Crippen LogP contribution >= 0.6 is 23.2 Å². The van der Waals surface area contributed by atoms with E-state index in [9.17, 15) is 18.0 Å². The second-order valence-electron chi connectivity index (χ2n) is 10.5. The van der Waals surface area contributed by atoms with Crippen LogP contribution in [0.25, 0.3) is 17.1 Å². The first-order chi connectivity index (χ1) is 22.1. The van der Waals surface area contributed by atoms with Gasteiger partial charge in [0.05, 0.1) is 22.0 Å². The summed E-state index contributed by atoms with van der Waals surface area (Å²) in [4.78, 5) is 23.4. The molecule has 12 heteroatoms. The molecule has 3 N–H and O–H groups in total. The maximum Gasteiger partial charge on any atom is 0.416 e. The Kier molecular flexibility index (Phi) is 12.7. The lowest BCUT2D eigenvalue weighted by Crippen LogP contribution is -2.26.